The number of aryl methyl sites for hydroxylation is 1. The van der Waals surface area contributed by atoms with Gasteiger partial charge in [-0.15, -0.1) is 0 Å². The normalized spacial score (nSPS) is 16.7. The van der Waals surface area contributed by atoms with Crippen molar-refractivity contribution in [2.45, 2.75) is 26.1 Å². The molecule has 1 saturated heterocycles. The number of primary amides is 1. The Kier molecular flexibility index (Phi) is 5.65. The summed E-state index contributed by atoms with van der Waals surface area (Å²) in [7, 11) is 0. The van der Waals surface area contributed by atoms with Crippen molar-refractivity contribution in [3.63, 3.8) is 0 Å². The molecule has 0 aliphatic carbocycles. The van der Waals surface area contributed by atoms with Crippen LogP contribution in [0.5, 0.6) is 0 Å². The molecule has 1 aliphatic heterocycles. The highest BCUT2D eigenvalue weighted by Crippen LogP contribution is 2.34. The molecule has 2 aromatic rings. The number of aromatic nitrogens is 2. The largest absolute Gasteiger partial charge is 0.434 e. The molecule has 1 aromatic heterocycles. The molecular weight excluding hydrogens is 387 g/mol. The van der Waals surface area contributed by atoms with E-state index < -0.39 is 35.3 Å². The van der Waals surface area contributed by atoms with Gasteiger partial charge in [-0.2, -0.15) is 18.3 Å². The van der Waals surface area contributed by atoms with Gasteiger partial charge in [-0.05, 0) is 26.0 Å². The van der Waals surface area contributed by atoms with Crippen LogP contribution in [0.15, 0.2) is 30.5 Å². The van der Waals surface area contributed by atoms with Crippen LogP contribution < -0.4 is 5.73 Å². The Morgan fingerprint density at radius 2 is 1.69 bits per heavy atom. The number of hydrogen-bond acceptors (Lipinski definition) is 4. The first kappa shape index (κ1) is 20.8. The molecular formula is C19H22F3N5O2. The third-order valence-electron chi connectivity index (χ3n) is 5.11. The highest BCUT2D eigenvalue weighted by molar-refractivity contribution is 5.95. The second-order valence-electron chi connectivity index (χ2n) is 7.06. The van der Waals surface area contributed by atoms with E-state index in [4.69, 9.17) is 5.73 Å². The van der Waals surface area contributed by atoms with Gasteiger partial charge in [0.25, 0.3) is 5.91 Å². The molecule has 0 radical (unpaired) electrons. The maximum atomic E-state index is 13.8. The third-order valence-corrected chi connectivity index (χ3v) is 5.11. The summed E-state index contributed by atoms with van der Waals surface area (Å²) >= 11 is 0. The van der Waals surface area contributed by atoms with Gasteiger partial charge in [0, 0.05) is 26.2 Å². The lowest BCUT2D eigenvalue weighted by Gasteiger charge is -2.36. The van der Waals surface area contributed by atoms with Gasteiger partial charge in [-0.1, -0.05) is 17.7 Å². The number of piperazine rings is 1. The van der Waals surface area contributed by atoms with Crippen molar-refractivity contribution in [3.8, 4) is 5.69 Å². The number of hydrogen-bond donors (Lipinski definition) is 1. The van der Waals surface area contributed by atoms with Gasteiger partial charge in [0.05, 0.1) is 23.5 Å². The van der Waals surface area contributed by atoms with Crippen LogP contribution in [-0.2, 0) is 11.0 Å². The number of alkyl halides is 3. The zero-order chi connectivity index (χ0) is 21.3. The molecule has 156 valence electrons. The van der Waals surface area contributed by atoms with Crippen LogP contribution in [0.25, 0.3) is 5.69 Å². The molecule has 7 nitrogen and oxygen atoms in total. The van der Waals surface area contributed by atoms with Gasteiger partial charge >= 0.3 is 6.18 Å². The van der Waals surface area contributed by atoms with Gasteiger partial charge in [0.15, 0.2) is 5.69 Å². The van der Waals surface area contributed by atoms with Crippen LogP contribution in [0.2, 0.25) is 0 Å². The Bertz CT molecular complexity index is 900. The summed E-state index contributed by atoms with van der Waals surface area (Å²) in [6, 6.07) is 5.91. The number of rotatable bonds is 4. The van der Waals surface area contributed by atoms with Gasteiger partial charge in [-0.3, -0.25) is 14.5 Å². The maximum Gasteiger partial charge on any atom is 0.434 e. The Morgan fingerprint density at radius 1 is 1.10 bits per heavy atom. The standard InChI is InChI=1S/C19H22F3N5O2/c1-12-3-5-14(6-4-12)27-16(19(20,21)22)15(11-24-27)18(29)26-9-7-25(8-10-26)13(2)17(23)28/h3-6,11,13H,7-10H2,1-2H3,(H2,23,28). The van der Waals surface area contributed by atoms with Crippen LogP contribution in [-0.4, -0.2) is 63.6 Å². The zero-order valence-electron chi connectivity index (χ0n) is 16.1. The Balaban J connectivity index is 1.86. The average molecular weight is 409 g/mol. The van der Waals surface area contributed by atoms with Crippen molar-refractivity contribution < 1.29 is 22.8 Å². The molecule has 1 atom stereocenters. The number of nitrogens with zero attached hydrogens (tertiary/aromatic N) is 4. The lowest BCUT2D eigenvalue weighted by Crippen LogP contribution is -2.54. The minimum atomic E-state index is -4.76. The van der Waals surface area contributed by atoms with E-state index in [-0.39, 0.29) is 18.8 Å². The van der Waals surface area contributed by atoms with E-state index in [1.807, 2.05) is 6.92 Å². The molecule has 1 aromatic carbocycles. The number of carbonyl (C=O) groups excluding carboxylic acids is 2. The molecule has 0 saturated carbocycles. The predicted molar refractivity (Wildman–Crippen MR) is 99.4 cm³/mol. The zero-order valence-corrected chi connectivity index (χ0v) is 16.1. The highest BCUT2D eigenvalue weighted by Gasteiger charge is 2.42. The van der Waals surface area contributed by atoms with Gasteiger partial charge in [0.2, 0.25) is 5.91 Å². The van der Waals surface area contributed by atoms with Gasteiger partial charge < -0.3 is 10.6 Å². The number of amides is 2. The summed E-state index contributed by atoms with van der Waals surface area (Å²) in [5.41, 5.74) is 4.82. The first-order valence-electron chi connectivity index (χ1n) is 9.14. The summed E-state index contributed by atoms with van der Waals surface area (Å²) in [6.07, 6.45) is -3.79. The molecule has 1 aliphatic rings. The first-order chi connectivity index (χ1) is 13.6. The van der Waals surface area contributed by atoms with Crippen molar-refractivity contribution in [3.05, 3.63) is 47.3 Å². The van der Waals surface area contributed by atoms with Crippen molar-refractivity contribution in [2.24, 2.45) is 5.73 Å². The van der Waals surface area contributed by atoms with Gasteiger partial charge in [0.1, 0.15) is 0 Å². The summed E-state index contributed by atoms with van der Waals surface area (Å²) < 4.78 is 42.1. The van der Waals surface area contributed by atoms with Crippen molar-refractivity contribution in [1.29, 1.82) is 0 Å². The smallest absolute Gasteiger partial charge is 0.368 e. The Labute approximate surface area is 165 Å². The fourth-order valence-corrected chi connectivity index (χ4v) is 3.32. The molecule has 1 unspecified atom stereocenters. The van der Waals surface area contributed by atoms with E-state index in [0.29, 0.717) is 13.1 Å². The molecule has 1 fully saturated rings. The van der Waals surface area contributed by atoms with E-state index in [1.54, 1.807) is 24.0 Å². The van der Waals surface area contributed by atoms with E-state index in [2.05, 4.69) is 5.10 Å². The minimum Gasteiger partial charge on any atom is -0.368 e. The molecule has 29 heavy (non-hydrogen) atoms. The monoisotopic (exact) mass is 409 g/mol. The molecule has 2 amide bonds. The average Bonchev–Trinajstić information content (AvgIpc) is 3.13. The second-order valence-corrected chi connectivity index (χ2v) is 7.06. The van der Waals surface area contributed by atoms with E-state index in [9.17, 15) is 22.8 Å². The van der Waals surface area contributed by atoms with Crippen LogP contribution in [0.4, 0.5) is 13.2 Å². The summed E-state index contributed by atoms with van der Waals surface area (Å²) in [6.45, 7) is 4.58. The van der Waals surface area contributed by atoms with E-state index in [0.717, 1.165) is 16.4 Å². The Hall–Kier alpha value is -2.88. The maximum absolute atomic E-state index is 13.8. The number of benzene rings is 1. The van der Waals surface area contributed by atoms with Crippen molar-refractivity contribution >= 4 is 11.8 Å². The van der Waals surface area contributed by atoms with Crippen LogP contribution in [0, 0.1) is 6.92 Å². The van der Waals surface area contributed by atoms with Crippen LogP contribution in [0.3, 0.4) is 0 Å². The van der Waals surface area contributed by atoms with Crippen molar-refractivity contribution in [2.75, 3.05) is 26.2 Å². The number of nitrogens with two attached hydrogens (primary N) is 1. The molecule has 2 heterocycles. The summed E-state index contributed by atoms with van der Waals surface area (Å²) in [5, 5.41) is 3.84. The highest BCUT2D eigenvalue weighted by atomic mass is 19.4. The van der Waals surface area contributed by atoms with Crippen LogP contribution in [0.1, 0.15) is 28.5 Å². The molecule has 10 heteroatoms. The number of halogens is 3. The SMILES string of the molecule is Cc1ccc(-n2ncc(C(=O)N3CCN(C(C)C(N)=O)CC3)c2C(F)(F)F)cc1. The fourth-order valence-electron chi connectivity index (χ4n) is 3.32. The quantitative estimate of drug-likeness (QED) is 0.835. The predicted octanol–water partition coefficient (Wildman–Crippen LogP) is 1.83. The first-order valence-corrected chi connectivity index (χ1v) is 9.14. The molecule has 3 rings (SSSR count). The summed E-state index contributed by atoms with van der Waals surface area (Å²) in [5.74, 6) is -1.22. The third kappa shape index (κ3) is 4.26. The fraction of sp³-hybridized carbons (Fsp3) is 0.421. The minimum absolute atomic E-state index is 0.198. The lowest BCUT2D eigenvalue weighted by atomic mass is 10.1. The summed E-state index contributed by atoms with van der Waals surface area (Å²) in [4.78, 5) is 27.3. The molecule has 0 spiro atoms. The second kappa shape index (κ2) is 7.86. The lowest BCUT2D eigenvalue weighted by molar-refractivity contribution is -0.143. The number of carbonyl (C=O) groups is 2. The van der Waals surface area contributed by atoms with Gasteiger partial charge in [-0.25, -0.2) is 4.68 Å². The van der Waals surface area contributed by atoms with Crippen molar-refractivity contribution in [1.82, 2.24) is 19.6 Å². The van der Waals surface area contributed by atoms with E-state index >= 15 is 0 Å². The Morgan fingerprint density at radius 3 is 2.21 bits per heavy atom. The topological polar surface area (TPSA) is 84.5 Å². The van der Waals surface area contributed by atoms with E-state index in [1.165, 1.54) is 17.0 Å². The van der Waals surface area contributed by atoms with Crippen LogP contribution >= 0.6 is 0 Å². The molecule has 2 N–H and O–H groups in total. The molecule has 0 bridgehead atoms.